The number of rotatable bonds is 4. The molecule has 0 amide bonds. The maximum absolute atomic E-state index is 12.7. The third-order valence-corrected chi connectivity index (χ3v) is 2.88. The summed E-state index contributed by atoms with van der Waals surface area (Å²) in [5.41, 5.74) is 0. The van der Waals surface area contributed by atoms with Crippen molar-refractivity contribution in [2.45, 2.75) is 12.3 Å². The van der Waals surface area contributed by atoms with Crippen LogP contribution in [-0.4, -0.2) is 56.1 Å². The first-order valence-electron chi connectivity index (χ1n) is 3.84. The van der Waals surface area contributed by atoms with Gasteiger partial charge < -0.3 is 9.29 Å². The number of hydrogen-bond donors (Lipinski definition) is 1. The number of nitrogens with zero attached hydrogens (tertiary/aromatic N) is 1. The number of likely N-dealkylation sites (tertiary alicyclic amines) is 1. The van der Waals surface area contributed by atoms with E-state index in [1.165, 1.54) is 0 Å². The third-order valence-electron chi connectivity index (χ3n) is 1.82. The lowest BCUT2D eigenvalue weighted by molar-refractivity contribution is -0.120. The van der Waals surface area contributed by atoms with Crippen LogP contribution >= 0.6 is 0 Å². The highest BCUT2D eigenvalue weighted by Crippen LogP contribution is 2.14. The molecule has 0 saturated carbocycles. The van der Waals surface area contributed by atoms with Gasteiger partial charge in [0.1, 0.15) is 12.0 Å². The first-order valence-corrected chi connectivity index (χ1v) is 5.41. The van der Waals surface area contributed by atoms with Gasteiger partial charge in [0.25, 0.3) is 0 Å². The second-order valence-electron chi connectivity index (χ2n) is 3.00. The Morgan fingerprint density at radius 1 is 1.57 bits per heavy atom. The van der Waals surface area contributed by atoms with Crippen molar-refractivity contribution < 1.29 is 26.9 Å². The SMILES string of the molecule is O=COS(=O)(=O)CN1C[C@@H](O)[C@H](F)C1. The van der Waals surface area contributed by atoms with Crippen molar-refractivity contribution in [1.29, 1.82) is 0 Å². The topological polar surface area (TPSA) is 83.9 Å². The molecule has 14 heavy (non-hydrogen) atoms. The monoisotopic (exact) mass is 227 g/mol. The fourth-order valence-electron chi connectivity index (χ4n) is 1.24. The first-order chi connectivity index (χ1) is 6.44. The van der Waals surface area contributed by atoms with Crippen molar-refractivity contribution in [3.8, 4) is 0 Å². The van der Waals surface area contributed by atoms with Gasteiger partial charge in [0.15, 0.2) is 0 Å². The Labute approximate surface area is 80.4 Å². The quantitative estimate of drug-likeness (QED) is 0.463. The van der Waals surface area contributed by atoms with Gasteiger partial charge in [0.2, 0.25) is 0 Å². The van der Waals surface area contributed by atoms with Crippen LogP contribution in [0.5, 0.6) is 0 Å². The Morgan fingerprint density at radius 2 is 2.21 bits per heavy atom. The lowest BCUT2D eigenvalue weighted by atomic mass is 10.3. The van der Waals surface area contributed by atoms with E-state index in [0.29, 0.717) is 0 Å². The molecule has 1 saturated heterocycles. The van der Waals surface area contributed by atoms with E-state index in [9.17, 15) is 17.6 Å². The van der Waals surface area contributed by atoms with Gasteiger partial charge in [-0.2, -0.15) is 8.42 Å². The molecule has 1 N–H and O–H groups in total. The molecule has 0 radical (unpaired) electrons. The van der Waals surface area contributed by atoms with E-state index in [0.717, 1.165) is 4.90 Å². The number of aliphatic hydroxyl groups is 1. The zero-order valence-electron chi connectivity index (χ0n) is 7.17. The molecule has 0 aliphatic carbocycles. The molecule has 2 atom stereocenters. The zero-order valence-corrected chi connectivity index (χ0v) is 7.98. The summed E-state index contributed by atoms with van der Waals surface area (Å²) in [6.45, 7) is -0.458. The van der Waals surface area contributed by atoms with Crippen LogP contribution in [0.3, 0.4) is 0 Å². The van der Waals surface area contributed by atoms with Gasteiger partial charge in [0.05, 0.1) is 6.10 Å². The van der Waals surface area contributed by atoms with Gasteiger partial charge in [-0.15, -0.1) is 0 Å². The summed E-state index contributed by atoms with van der Waals surface area (Å²) in [5.74, 6) is -0.594. The Kier molecular flexibility index (Phi) is 3.40. The molecule has 6 nitrogen and oxygen atoms in total. The number of carbonyl (C=O) groups is 1. The molecule has 0 unspecified atom stereocenters. The van der Waals surface area contributed by atoms with Gasteiger partial charge in [-0.25, -0.2) is 4.39 Å². The molecule has 0 aromatic heterocycles. The summed E-state index contributed by atoms with van der Waals surface area (Å²) in [4.78, 5) is 10.9. The number of halogens is 1. The average Bonchev–Trinajstić information content (AvgIpc) is 2.29. The largest absolute Gasteiger partial charge is 0.389 e. The first kappa shape index (κ1) is 11.3. The number of hydrogen-bond acceptors (Lipinski definition) is 6. The normalized spacial score (nSPS) is 29.0. The maximum atomic E-state index is 12.7. The Hall–Kier alpha value is -0.730. The fourth-order valence-corrected chi connectivity index (χ4v) is 2.08. The number of β-amino-alcohol motifs (C(OH)–C–C–N with tert-alkyl or cyclic N) is 1. The Balaban J connectivity index is 2.50. The molecule has 0 bridgehead atoms. The summed E-state index contributed by atoms with van der Waals surface area (Å²) in [5, 5.41) is 8.97. The van der Waals surface area contributed by atoms with E-state index in [4.69, 9.17) is 5.11 Å². The molecule has 1 heterocycles. The minimum atomic E-state index is -3.98. The fraction of sp³-hybridized carbons (Fsp3) is 0.833. The van der Waals surface area contributed by atoms with Crippen LogP contribution in [0, 0.1) is 0 Å². The van der Waals surface area contributed by atoms with Crippen molar-refractivity contribution >= 4 is 16.6 Å². The summed E-state index contributed by atoms with van der Waals surface area (Å²) in [6, 6.07) is 0. The van der Waals surface area contributed by atoms with Gasteiger partial charge in [0, 0.05) is 13.1 Å². The Bertz CT molecular complexity index is 295. The van der Waals surface area contributed by atoms with Crippen molar-refractivity contribution in [3.63, 3.8) is 0 Å². The Morgan fingerprint density at radius 3 is 2.64 bits per heavy atom. The number of alkyl halides is 1. The van der Waals surface area contributed by atoms with E-state index in [1.807, 2.05) is 0 Å². The summed E-state index contributed by atoms with van der Waals surface area (Å²) in [7, 11) is -3.98. The molecule has 0 spiro atoms. The molecule has 1 aliphatic rings. The highest BCUT2D eigenvalue weighted by atomic mass is 32.2. The van der Waals surface area contributed by atoms with E-state index < -0.39 is 28.3 Å². The number of carbonyl (C=O) groups excluding carboxylic acids is 1. The highest BCUT2D eigenvalue weighted by molar-refractivity contribution is 7.87. The van der Waals surface area contributed by atoms with Gasteiger partial charge in [-0.05, 0) is 0 Å². The van der Waals surface area contributed by atoms with Crippen LogP contribution in [0.15, 0.2) is 0 Å². The minimum Gasteiger partial charge on any atom is -0.389 e. The smallest absolute Gasteiger partial charge is 0.324 e. The summed E-state index contributed by atoms with van der Waals surface area (Å²) >= 11 is 0. The van der Waals surface area contributed by atoms with Crippen LogP contribution < -0.4 is 0 Å². The van der Waals surface area contributed by atoms with E-state index in [2.05, 4.69) is 4.18 Å². The molecular formula is C6H10FNO5S. The van der Waals surface area contributed by atoms with E-state index in [-0.39, 0.29) is 19.6 Å². The molecular weight excluding hydrogens is 217 g/mol. The zero-order chi connectivity index (χ0) is 10.8. The number of aliphatic hydroxyl groups excluding tert-OH is 1. The minimum absolute atomic E-state index is 0.0807. The molecule has 0 aromatic rings. The van der Waals surface area contributed by atoms with Gasteiger partial charge in [-0.3, -0.25) is 9.69 Å². The molecule has 8 heteroatoms. The van der Waals surface area contributed by atoms with Gasteiger partial charge >= 0.3 is 16.6 Å². The second-order valence-corrected chi connectivity index (χ2v) is 4.56. The molecule has 0 aromatic carbocycles. The van der Waals surface area contributed by atoms with Crippen LogP contribution in [0.1, 0.15) is 0 Å². The van der Waals surface area contributed by atoms with Crippen LogP contribution in [0.4, 0.5) is 4.39 Å². The predicted octanol–water partition coefficient (Wildman–Crippen LogP) is -1.54. The van der Waals surface area contributed by atoms with Crippen molar-refractivity contribution in [1.82, 2.24) is 4.90 Å². The highest BCUT2D eigenvalue weighted by Gasteiger charge is 2.33. The standard InChI is InChI=1S/C6H10FNO5S/c7-5-1-8(2-6(5)10)3-14(11,12)13-4-9/h4-6,10H,1-3H2/t5-,6-/m1/s1. The summed E-state index contributed by atoms with van der Waals surface area (Å²) in [6.07, 6.45) is -2.64. The van der Waals surface area contributed by atoms with Crippen molar-refractivity contribution in [3.05, 3.63) is 0 Å². The molecule has 1 rings (SSSR count). The van der Waals surface area contributed by atoms with Crippen molar-refractivity contribution in [2.24, 2.45) is 0 Å². The molecule has 1 aliphatic heterocycles. The van der Waals surface area contributed by atoms with Crippen LogP contribution in [0.2, 0.25) is 0 Å². The lowest BCUT2D eigenvalue weighted by Crippen LogP contribution is -2.29. The maximum Gasteiger partial charge on any atom is 0.324 e. The van der Waals surface area contributed by atoms with Crippen LogP contribution in [-0.2, 0) is 19.1 Å². The molecule has 1 fully saturated rings. The van der Waals surface area contributed by atoms with Crippen LogP contribution in [0.25, 0.3) is 0 Å². The molecule has 82 valence electrons. The van der Waals surface area contributed by atoms with Gasteiger partial charge in [-0.1, -0.05) is 0 Å². The second kappa shape index (κ2) is 4.20. The van der Waals surface area contributed by atoms with E-state index >= 15 is 0 Å². The summed E-state index contributed by atoms with van der Waals surface area (Å²) < 4.78 is 38.3. The van der Waals surface area contributed by atoms with E-state index in [1.54, 1.807) is 0 Å². The third kappa shape index (κ3) is 2.89. The lowest BCUT2D eigenvalue weighted by Gasteiger charge is -2.12. The van der Waals surface area contributed by atoms with Crippen molar-refractivity contribution in [2.75, 3.05) is 19.0 Å². The predicted molar refractivity (Wildman–Crippen MR) is 43.4 cm³/mol. The average molecular weight is 227 g/mol.